The number of cyclic esters (lactones) is 1. The van der Waals surface area contributed by atoms with E-state index in [0.29, 0.717) is 13.0 Å². The van der Waals surface area contributed by atoms with E-state index in [1.807, 2.05) is 0 Å². The van der Waals surface area contributed by atoms with Gasteiger partial charge in [0.05, 0.1) is 24.7 Å². The maximum Gasteiger partial charge on any atom is 0.309 e. The van der Waals surface area contributed by atoms with Gasteiger partial charge in [0, 0.05) is 17.8 Å². The van der Waals surface area contributed by atoms with Crippen molar-refractivity contribution >= 4 is 5.97 Å². The lowest BCUT2D eigenvalue weighted by Gasteiger charge is -2.23. The van der Waals surface area contributed by atoms with Crippen molar-refractivity contribution in [2.75, 3.05) is 6.61 Å². The highest BCUT2D eigenvalue weighted by Crippen LogP contribution is 2.55. The highest BCUT2D eigenvalue weighted by Gasteiger charge is 2.63. The minimum atomic E-state index is -0.488. The third kappa shape index (κ3) is 0.758. The molecule has 0 amide bonds. The summed E-state index contributed by atoms with van der Waals surface area (Å²) in [6.45, 7) is 0.388. The van der Waals surface area contributed by atoms with Crippen LogP contribution in [-0.4, -0.2) is 35.0 Å². The Morgan fingerprint density at radius 3 is 2.85 bits per heavy atom. The summed E-state index contributed by atoms with van der Waals surface area (Å²) in [4.78, 5) is 11.3. The van der Waals surface area contributed by atoms with Gasteiger partial charge in [0.15, 0.2) is 0 Å². The Bertz CT molecular complexity index is 262. The topological polar surface area (TPSA) is 66.8 Å². The second-order valence-electron chi connectivity index (χ2n) is 4.35. The fourth-order valence-electron chi connectivity index (χ4n) is 3.38. The van der Waals surface area contributed by atoms with Crippen LogP contribution in [0.4, 0.5) is 0 Å². The van der Waals surface area contributed by atoms with Crippen molar-refractivity contribution in [3.05, 3.63) is 0 Å². The first-order chi connectivity index (χ1) is 6.20. The Balaban J connectivity index is 1.98. The number of hydrogen-bond acceptors (Lipinski definition) is 4. The largest absolute Gasteiger partial charge is 0.465 e. The van der Waals surface area contributed by atoms with Gasteiger partial charge in [-0.15, -0.1) is 0 Å². The van der Waals surface area contributed by atoms with E-state index in [1.54, 1.807) is 0 Å². The van der Waals surface area contributed by atoms with Crippen molar-refractivity contribution in [1.29, 1.82) is 0 Å². The fourth-order valence-corrected chi connectivity index (χ4v) is 3.38. The summed E-state index contributed by atoms with van der Waals surface area (Å²) in [5.41, 5.74) is 0. The predicted octanol–water partition coefficient (Wildman–Crippen LogP) is -0.853. The molecule has 6 atom stereocenters. The van der Waals surface area contributed by atoms with Gasteiger partial charge in [-0.25, -0.2) is 0 Å². The molecule has 2 bridgehead atoms. The third-order valence-corrected chi connectivity index (χ3v) is 3.90. The van der Waals surface area contributed by atoms with Crippen LogP contribution < -0.4 is 0 Å². The average Bonchev–Trinajstić information content (AvgIpc) is 2.64. The Morgan fingerprint density at radius 2 is 2.08 bits per heavy atom. The highest BCUT2D eigenvalue weighted by molar-refractivity contribution is 5.76. The van der Waals surface area contributed by atoms with E-state index in [-0.39, 0.29) is 29.6 Å². The molecule has 3 fully saturated rings. The number of ether oxygens (including phenoxy) is 1. The maximum absolute atomic E-state index is 11.3. The van der Waals surface area contributed by atoms with Gasteiger partial charge in [-0.2, -0.15) is 0 Å². The molecular weight excluding hydrogens is 172 g/mol. The lowest BCUT2D eigenvalue weighted by atomic mass is 9.80. The van der Waals surface area contributed by atoms with E-state index >= 15 is 0 Å². The Hall–Kier alpha value is -0.610. The Kier molecular flexibility index (Phi) is 1.34. The quantitative estimate of drug-likeness (QED) is 0.481. The lowest BCUT2D eigenvalue weighted by Crippen LogP contribution is -2.31. The normalized spacial score (nSPS) is 58.2. The average molecular weight is 184 g/mol. The van der Waals surface area contributed by atoms with Gasteiger partial charge in [-0.1, -0.05) is 0 Å². The zero-order valence-corrected chi connectivity index (χ0v) is 7.09. The van der Waals surface area contributed by atoms with Crippen molar-refractivity contribution in [2.45, 2.75) is 18.6 Å². The first-order valence-corrected chi connectivity index (χ1v) is 4.73. The number of carbonyl (C=O) groups excluding carboxylic acids is 1. The predicted molar refractivity (Wildman–Crippen MR) is 41.5 cm³/mol. The van der Waals surface area contributed by atoms with Gasteiger partial charge in [-0.05, 0) is 6.42 Å². The van der Waals surface area contributed by atoms with Crippen LogP contribution in [0.3, 0.4) is 0 Å². The summed E-state index contributed by atoms with van der Waals surface area (Å²) in [6.07, 6.45) is -0.365. The molecule has 2 aliphatic carbocycles. The van der Waals surface area contributed by atoms with E-state index in [2.05, 4.69) is 0 Å². The molecule has 0 aromatic rings. The van der Waals surface area contributed by atoms with E-state index in [1.165, 1.54) is 0 Å². The van der Waals surface area contributed by atoms with Crippen LogP contribution in [0.1, 0.15) is 6.42 Å². The molecule has 2 saturated carbocycles. The highest BCUT2D eigenvalue weighted by atomic mass is 16.5. The van der Waals surface area contributed by atoms with Crippen LogP contribution in [0.2, 0.25) is 0 Å². The van der Waals surface area contributed by atoms with Crippen molar-refractivity contribution in [3.8, 4) is 0 Å². The van der Waals surface area contributed by atoms with Crippen LogP contribution >= 0.6 is 0 Å². The molecule has 4 heteroatoms. The van der Waals surface area contributed by atoms with E-state index < -0.39 is 12.2 Å². The van der Waals surface area contributed by atoms with Crippen molar-refractivity contribution in [3.63, 3.8) is 0 Å². The van der Waals surface area contributed by atoms with Gasteiger partial charge < -0.3 is 14.9 Å². The third-order valence-electron chi connectivity index (χ3n) is 3.90. The molecule has 0 radical (unpaired) electrons. The summed E-state index contributed by atoms with van der Waals surface area (Å²) in [5, 5.41) is 19.4. The SMILES string of the molecule is O=C1OC[C@@H]2[C@@H]1[C@H]1C[C@@H](O)[C@@H]2[C@H]1O. The van der Waals surface area contributed by atoms with E-state index in [0.717, 1.165) is 0 Å². The molecule has 0 aromatic heterocycles. The molecule has 1 aliphatic heterocycles. The van der Waals surface area contributed by atoms with Gasteiger partial charge in [0.25, 0.3) is 0 Å². The maximum atomic E-state index is 11.3. The second-order valence-corrected chi connectivity index (χ2v) is 4.35. The van der Waals surface area contributed by atoms with E-state index in [9.17, 15) is 15.0 Å². The number of carbonyl (C=O) groups is 1. The molecule has 3 rings (SSSR count). The lowest BCUT2D eigenvalue weighted by molar-refractivity contribution is -0.143. The van der Waals surface area contributed by atoms with Crippen molar-refractivity contribution in [1.82, 2.24) is 0 Å². The molecule has 1 saturated heterocycles. The standard InChI is InChI=1S/C9H12O4/c10-5-1-3-6-4(2-13-9(6)12)7(5)8(3)11/h3-8,10-11H,1-2H2/t3-,4-,5-,6+,7-,8+/m1/s1. The van der Waals surface area contributed by atoms with Crippen LogP contribution in [0.25, 0.3) is 0 Å². The molecule has 4 nitrogen and oxygen atoms in total. The summed E-state index contributed by atoms with van der Waals surface area (Å²) < 4.78 is 4.94. The zero-order chi connectivity index (χ0) is 9.16. The molecular formula is C9H12O4. The molecule has 0 aromatic carbocycles. The molecule has 0 unspecified atom stereocenters. The smallest absolute Gasteiger partial charge is 0.309 e. The van der Waals surface area contributed by atoms with Crippen molar-refractivity contribution in [2.24, 2.45) is 23.7 Å². The summed E-state index contributed by atoms with van der Waals surface area (Å²) in [6, 6.07) is 0. The number of fused-ring (bicyclic) bond motifs is 5. The molecule has 0 spiro atoms. The van der Waals surface area contributed by atoms with Gasteiger partial charge in [-0.3, -0.25) is 4.79 Å². The van der Waals surface area contributed by atoms with E-state index in [4.69, 9.17) is 4.74 Å². The van der Waals surface area contributed by atoms with Gasteiger partial charge in [0.1, 0.15) is 0 Å². The number of hydrogen-bond donors (Lipinski definition) is 2. The zero-order valence-electron chi connectivity index (χ0n) is 7.09. The number of aliphatic hydroxyl groups is 2. The molecule has 2 N–H and O–H groups in total. The molecule has 13 heavy (non-hydrogen) atoms. The first kappa shape index (κ1) is 7.76. The minimum Gasteiger partial charge on any atom is -0.465 e. The monoisotopic (exact) mass is 184 g/mol. The van der Waals surface area contributed by atoms with Crippen LogP contribution in [0.5, 0.6) is 0 Å². The summed E-state index contributed by atoms with van der Waals surface area (Å²) >= 11 is 0. The molecule has 3 aliphatic rings. The molecule has 72 valence electrons. The van der Waals surface area contributed by atoms with Gasteiger partial charge >= 0.3 is 5.97 Å². The first-order valence-electron chi connectivity index (χ1n) is 4.73. The summed E-state index contributed by atoms with van der Waals surface area (Å²) in [7, 11) is 0. The Labute approximate surface area is 75.5 Å². The molecule has 1 heterocycles. The number of aliphatic hydroxyl groups excluding tert-OH is 2. The Morgan fingerprint density at radius 1 is 1.31 bits per heavy atom. The number of rotatable bonds is 0. The minimum absolute atomic E-state index is 0.0556. The number of esters is 1. The van der Waals surface area contributed by atoms with Crippen LogP contribution in [0, 0.1) is 23.7 Å². The second kappa shape index (κ2) is 2.25. The van der Waals surface area contributed by atoms with Gasteiger partial charge in [0.2, 0.25) is 0 Å². The van der Waals surface area contributed by atoms with Crippen LogP contribution in [0.15, 0.2) is 0 Å². The van der Waals surface area contributed by atoms with Crippen LogP contribution in [-0.2, 0) is 9.53 Å². The summed E-state index contributed by atoms with van der Waals surface area (Å²) in [5.74, 6) is -0.426. The van der Waals surface area contributed by atoms with Crippen molar-refractivity contribution < 1.29 is 19.7 Å². The fraction of sp³-hybridized carbons (Fsp3) is 0.889.